The highest BCUT2D eigenvalue weighted by atomic mass is 16.2. The highest BCUT2D eigenvalue weighted by Crippen LogP contribution is 2.41. The lowest BCUT2D eigenvalue weighted by molar-refractivity contribution is -0.131. The van der Waals surface area contributed by atoms with Crippen molar-refractivity contribution in [3.8, 4) is 0 Å². The van der Waals surface area contributed by atoms with E-state index < -0.39 is 0 Å². The molecule has 1 atom stereocenters. The number of hydrogen-bond acceptors (Lipinski definition) is 2. The highest BCUT2D eigenvalue weighted by Gasteiger charge is 2.38. The molecule has 1 aliphatic heterocycles. The van der Waals surface area contributed by atoms with Crippen molar-refractivity contribution in [3.05, 3.63) is 0 Å². The van der Waals surface area contributed by atoms with Crippen molar-refractivity contribution in [1.29, 1.82) is 0 Å². The van der Waals surface area contributed by atoms with E-state index in [1.807, 2.05) is 4.90 Å². The van der Waals surface area contributed by atoms with E-state index >= 15 is 0 Å². The summed E-state index contributed by atoms with van der Waals surface area (Å²) in [6.07, 6.45) is 4.82. The summed E-state index contributed by atoms with van der Waals surface area (Å²) in [7, 11) is 0. The maximum absolute atomic E-state index is 11.8. The second-order valence-electron chi connectivity index (χ2n) is 5.02. The molecule has 1 aliphatic carbocycles. The van der Waals surface area contributed by atoms with Crippen molar-refractivity contribution in [1.82, 2.24) is 10.2 Å². The maximum Gasteiger partial charge on any atom is 0.240 e. The van der Waals surface area contributed by atoms with E-state index in [-0.39, 0.29) is 6.04 Å². The zero-order chi connectivity index (χ0) is 10.2. The average Bonchev–Trinajstić information content (AvgIpc) is 2.45. The predicted octanol–water partition coefficient (Wildman–Crippen LogP) is 1.34. The third kappa shape index (κ3) is 1.65. The molecule has 1 amide bonds. The Morgan fingerprint density at radius 3 is 2.71 bits per heavy atom. The third-order valence-corrected chi connectivity index (χ3v) is 3.68. The Morgan fingerprint density at radius 2 is 2.29 bits per heavy atom. The van der Waals surface area contributed by atoms with Crippen LogP contribution in [0.1, 0.15) is 39.5 Å². The van der Waals surface area contributed by atoms with Gasteiger partial charge in [-0.2, -0.15) is 0 Å². The van der Waals surface area contributed by atoms with Gasteiger partial charge in [0, 0.05) is 6.54 Å². The Morgan fingerprint density at radius 1 is 1.57 bits per heavy atom. The van der Waals surface area contributed by atoms with Crippen molar-refractivity contribution >= 4 is 5.91 Å². The van der Waals surface area contributed by atoms with Gasteiger partial charge in [0.05, 0.1) is 12.7 Å². The molecular weight excluding hydrogens is 176 g/mol. The summed E-state index contributed by atoms with van der Waals surface area (Å²) in [5.74, 6) is 0.306. The molecule has 2 rings (SSSR count). The molecule has 1 N–H and O–H groups in total. The molecule has 1 heterocycles. The topological polar surface area (TPSA) is 32.3 Å². The lowest BCUT2D eigenvalue weighted by Gasteiger charge is -2.41. The van der Waals surface area contributed by atoms with Crippen molar-refractivity contribution < 1.29 is 4.79 Å². The summed E-state index contributed by atoms with van der Waals surface area (Å²) in [6, 6.07) is 0.0821. The molecule has 80 valence electrons. The number of nitrogens with one attached hydrogen (secondary N) is 1. The Labute approximate surface area is 85.8 Å². The molecule has 0 bridgehead atoms. The summed E-state index contributed by atoms with van der Waals surface area (Å²) in [6.45, 7) is 6.06. The number of carbonyl (C=O) groups is 1. The van der Waals surface area contributed by atoms with E-state index in [9.17, 15) is 4.79 Å². The molecule has 3 nitrogen and oxygen atoms in total. The number of rotatable bonds is 3. The van der Waals surface area contributed by atoms with Gasteiger partial charge in [0.25, 0.3) is 0 Å². The first-order valence-electron chi connectivity index (χ1n) is 5.67. The Balaban J connectivity index is 1.90. The monoisotopic (exact) mass is 196 g/mol. The second kappa shape index (κ2) is 3.54. The van der Waals surface area contributed by atoms with E-state index in [0.717, 1.165) is 19.6 Å². The fraction of sp³-hybridized carbons (Fsp3) is 0.909. The predicted molar refractivity (Wildman–Crippen MR) is 55.8 cm³/mol. The van der Waals surface area contributed by atoms with Crippen molar-refractivity contribution in [2.45, 2.75) is 45.6 Å². The van der Waals surface area contributed by atoms with E-state index in [4.69, 9.17) is 0 Å². The Kier molecular flexibility index (Phi) is 2.52. The first kappa shape index (κ1) is 9.97. The van der Waals surface area contributed by atoms with E-state index in [1.54, 1.807) is 0 Å². The molecule has 0 aromatic carbocycles. The van der Waals surface area contributed by atoms with Crippen molar-refractivity contribution in [2.75, 3.05) is 13.2 Å². The van der Waals surface area contributed by atoms with Crippen LogP contribution in [0, 0.1) is 5.41 Å². The zero-order valence-corrected chi connectivity index (χ0v) is 9.18. The van der Waals surface area contributed by atoms with Gasteiger partial charge < -0.3 is 4.90 Å². The number of carbonyl (C=O) groups excluding carboxylic acids is 1. The van der Waals surface area contributed by atoms with Gasteiger partial charge in [-0.05, 0) is 24.7 Å². The number of amides is 1. The minimum atomic E-state index is 0.0821. The summed E-state index contributed by atoms with van der Waals surface area (Å²) in [4.78, 5) is 13.8. The van der Waals surface area contributed by atoms with E-state index in [2.05, 4.69) is 19.2 Å². The fourth-order valence-corrected chi connectivity index (χ4v) is 2.46. The van der Waals surface area contributed by atoms with Gasteiger partial charge in [-0.3, -0.25) is 10.1 Å². The smallest absolute Gasteiger partial charge is 0.240 e. The Hall–Kier alpha value is -0.570. The summed E-state index contributed by atoms with van der Waals surface area (Å²) in [5, 5.41) is 3.25. The largest absolute Gasteiger partial charge is 0.328 e. The van der Waals surface area contributed by atoms with Gasteiger partial charge >= 0.3 is 0 Å². The van der Waals surface area contributed by atoms with Crippen molar-refractivity contribution in [2.24, 2.45) is 5.41 Å². The molecule has 2 aliphatic rings. The molecule has 0 aromatic rings. The van der Waals surface area contributed by atoms with Crippen LogP contribution in [-0.2, 0) is 4.79 Å². The molecule has 0 radical (unpaired) electrons. The standard InChI is InChI=1S/C11H20N2O/c1-3-9-10(14)13(8-12-9)7-11(2)5-4-6-11/h9,12H,3-8H2,1-2H3. The molecular formula is C11H20N2O. The van der Waals surface area contributed by atoms with Crippen LogP contribution in [0.2, 0.25) is 0 Å². The van der Waals surface area contributed by atoms with Gasteiger partial charge in [0.2, 0.25) is 5.91 Å². The van der Waals surface area contributed by atoms with Gasteiger partial charge in [0.15, 0.2) is 0 Å². The van der Waals surface area contributed by atoms with Gasteiger partial charge in [-0.1, -0.05) is 20.3 Å². The lowest BCUT2D eigenvalue weighted by atomic mass is 9.70. The highest BCUT2D eigenvalue weighted by molar-refractivity contribution is 5.83. The van der Waals surface area contributed by atoms with Crippen LogP contribution in [-0.4, -0.2) is 30.1 Å². The van der Waals surface area contributed by atoms with Crippen LogP contribution >= 0.6 is 0 Å². The molecule has 1 unspecified atom stereocenters. The van der Waals surface area contributed by atoms with Crippen LogP contribution in [0.25, 0.3) is 0 Å². The SMILES string of the molecule is CCC1NCN(CC2(C)CCC2)C1=O. The lowest BCUT2D eigenvalue weighted by Crippen LogP contribution is -2.42. The molecule has 0 spiro atoms. The molecule has 1 saturated heterocycles. The first-order valence-corrected chi connectivity index (χ1v) is 5.67. The molecule has 3 heteroatoms. The minimum absolute atomic E-state index is 0.0821. The summed E-state index contributed by atoms with van der Waals surface area (Å²) >= 11 is 0. The van der Waals surface area contributed by atoms with Crippen LogP contribution in [0.3, 0.4) is 0 Å². The summed E-state index contributed by atoms with van der Waals surface area (Å²) < 4.78 is 0. The van der Waals surface area contributed by atoms with Crippen molar-refractivity contribution in [3.63, 3.8) is 0 Å². The van der Waals surface area contributed by atoms with Gasteiger partial charge in [-0.25, -0.2) is 0 Å². The maximum atomic E-state index is 11.8. The normalized spacial score (nSPS) is 30.6. The zero-order valence-electron chi connectivity index (χ0n) is 9.18. The average molecular weight is 196 g/mol. The minimum Gasteiger partial charge on any atom is -0.328 e. The number of nitrogens with zero attached hydrogens (tertiary/aromatic N) is 1. The second-order valence-corrected chi connectivity index (χ2v) is 5.02. The van der Waals surface area contributed by atoms with Gasteiger partial charge in [0.1, 0.15) is 0 Å². The van der Waals surface area contributed by atoms with Gasteiger partial charge in [-0.15, -0.1) is 0 Å². The van der Waals surface area contributed by atoms with E-state index in [1.165, 1.54) is 19.3 Å². The number of hydrogen-bond donors (Lipinski definition) is 1. The fourth-order valence-electron chi connectivity index (χ4n) is 2.46. The van der Waals surface area contributed by atoms with E-state index in [0.29, 0.717) is 11.3 Å². The molecule has 1 saturated carbocycles. The first-order chi connectivity index (χ1) is 6.64. The van der Waals surface area contributed by atoms with Crippen LogP contribution in [0.5, 0.6) is 0 Å². The third-order valence-electron chi connectivity index (χ3n) is 3.68. The summed E-state index contributed by atoms with van der Waals surface area (Å²) in [5.41, 5.74) is 0.417. The Bertz CT molecular complexity index is 235. The van der Waals surface area contributed by atoms with Crippen LogP contribution in [0.4, 0.5) is 0 Å². The van der Waals surface area contributed by atoms with Crippen LogP contribution < -0.4 is 5.32 Å². The molecule has 2 fully saturated rings. The molecule has 0 aromatic heterocycles. The van der Waals surface area contributed by atoms with Crippen LogP contribution in [0.15, 0.2) is 0 Å². The quantitative estimate of drug-likeness (QED) is 0.739. The molecule has 14 heavy (non-hydrogen) atoms.